The van der Waals surface area contributed by atoms with Gasteiger partial charge in [-0.3, -0.25) is 9.59 Å². The first-order valence-electron chi connectivity index (χ1n) is 9.64. The number of piperazine rings is 1. The molecule has 1 aliphatic rings. The number of nitriles is 1. The zero-order valence-corrected chi connectivity index (χ0v) is 16.8. The van der Waals surface area contributed by atoms with Gasteiger partial charge in [0, 0.05) is 26.4 Å². The molecule has 1 aliphatic heterocycles. The minimum Gasteiger partial charge on any atom is -0.331 e. The maximum absolute atomic E-state index is 13.5. The third-order valence-corrected chi connectivity index (χ3v) is 5.65. The maximum Gasteiger partial charge on any atom is 0.249 e. The minimum atomic E-state index is -0.993. The summed E-state index contributed by atoms with van der Waals surface area (Å²) >= 11 is 0. The summed E-state index contributed by atoms with van der Waals surface area (Å²) < 4.78 is 0. The van der Waals surface area contributed by atoms with Gasteiger partial charge in [-0.1, -0.05) is 54.6 Å². The molecular formula is C24H25N3O2. The topological polar surface area (TPSA) is 64.4 Å². The van der Waals surface area contributed by atoms with Gasteiger partial charge in [-0.25, -0.2) is 0 Å². The zero-order chi connectivity index (χ0) is 21.0. The fraction of sp³-hybridized carbons (Fsp3) is 0.292. The lowest BCUT2D eigenvalue weighted by Gasteiger charge is -2.50. The molecule has 1 fully saturated rings. The average molecular weight is 387 g/mol. The van der Waals surface area contributed by atoms with Gasteiger partial charge in [0.05, 0.1) is 11.6 Å². The van der Waals surface area contributed by atoms with Gasteiger partial charge in [-0.05, 0) is 24.1 Å². The molecule has 5 heteroatoms. The second-order valence-electron chi connectivity index (χ2n) is 7.58. The molecule has 0 N–H and O–H groups in total. The molecular weight excluding hydrogens is 362 g/mol. The van der Waals surface area contributed by atoms with Gasteiger partial charge in [0.1, 0.15) is 11.6 Å². The molecule has 0 radical (unpaired) electrons. The van der Waals surface area contributed by atoms with Crippen LogP contribution in [0.2, 0.25) is 0 Å². The normalized spacial score (nSPS) is 21.8. The summed E-state index contributed by atoms with van der Waals surface area (Å²) in [5, 5.41) is 9.38. The van der Waals surface area contributed by atoms with Crippen LogP contribution in [-0.4, -0.2) is 46.8 Å². The van der Waals surface area contributed by atoms with E-state index in [4.69, 9.17) is 0 Å². The van der Waals surface area contributed by atoms with Crippen molar-refractivity contribution in [3.63, 3.8) is 0 Å². The van der Waals surface area contributed by atoms with Gasteiger partial charge >= 0.3 is 0 Å². The Kier molecular flexibility index (Phi) is 5.84. The average Bonchev–Trinajstić information content (AvgIpc) is 2.74. The van der Waals surface area contributed by atoms with Crippen molar-refractivity contribution in [1.29, 1.82) is 5.26 Å². The molecule has 148 valence electrons. The number of hydrogen-bond acceptors (Lipinski definition) is 3. The Morgan fingerprint density at radius 2 is 1.79 bits per heavy atom. The maximum atomic E-state index is 13.5. The summed E-state index contributed by atoms with van der Waals surface area (Å²) in [5.41, 5.74) is 1.28. The fourth-order valence-corrected chi connectivity index (χ4v) is 4.05. The van der Waals surface area contributed by atoms with Gasteiger partial charge in [0.25, 0.3) is 0 Å². The number of carbonyl (C=O) groups is 2. The quantitative estimate of drug-likeness (QED) is 0.716. The minimum absolute atomic E-state index is 0.109. The molecule has 29 heavy (non-hydrogen) atoms. The lowest BCUT2D eigenvalue weighted by Crippen LogP contribution is -2.70. The third kappa shape index (κ3) is 3.79. The number of benzene rings is 2. The van der Waals surface area contributed by atoms with Gasteiger partial charge < -0.3 is 9.80 Å². The molecule has 2 atom stereocenters. The van der Waals surface area contributed by atoms with E-state index in [-0.39, 0.29) is 18.4 Å². The molecule has 0 spiro atoms. The van der Waals surface area contributed by atoms with Crippen LogP contribution in [0, 0.1) is 11.3 Å². The smallest absolute Gasteiger partial charge is 0.249 e. The van der Waals surface area contributed by atoms with E-state index in [9.17, 15) is 14.9 Å². The van der Waals surface area contributed by atoms with Crippen molar-refractivity contribution in [1.82, 2.24) is 9.80 Å². The zero-order valence-electron chi connectivity index (χ0n) is 16.8. The number of nitrogens with zero attached hydrogens (tertiary/aromatic N) is 3. The molecule has 1 saturated heterocycles. The Hall–Kier alpha value is -3.39. The Balaban J connectivity index is 1.96. The lowest BCUT2D eigenvalue weighted by molar-refractivity contribution is -0.167. The van der Waals surface area contributed by atoms with Crippen molar-refractivity contribution in [3.8, 4) is 6.07 Å². The lowest BCUT2D eigenvalue weighted by atomic mass is 9.84. The molecule has 2 aromatic rings. The number of hydrogen-bond donors (Lipinski definition) is 0. The van der Waals surface area contributed by atoms with Crippen LogP contribution in [0.25, 0.3) is 0 Å². The highest BCUT2D eigenvalue weighted by atomic mass is 16.2. The second-order valence-corrected chi connectivity index (χ2v) is 7.58. The largest absolute Gasteiger partial charge is 0.331 e. The molecule has 0 saturated carbocycles. The Bertz CT molecular complexity index is 964. The summed E-state index contributed by atoms with van der Waals surface area (Å²) in [6.07, 6.45) is 2.39. The van der Waals surface area contributed by atoms with Crippen LogP contribution >= 0.6 is 0 Å². The van der Waals surface area contributed by atoms with E-state index in [0.717, 1.165) is 11.1 Å². The van der Waals surface area contributed by atoms with Crippen LogP contribution in [0.1, 0.15) is 23.6 Å². The monoisotopic (exact) mass is 387 g/mol. The van der Waals surface area contributed by atoms with E-state index in [2.05, 4.69) is 12.6 Å². The van der Waals surface area contributed by atoms with Crippen molar-refractivity contribution in [3.05, 3.63) is 83.9 Å². The third-order valence-electron chi connectivity index (χ3n) is 5.65. The molecule has 5 nitrogen and oxygen atoms in total. The van der Waals surface area contributed by atoms with Gasteiger partial charge in [0.2, 0.25) is 11.8 Å². The standard InChI is InChI=1S/C24H25N3O2/c1-4-14-27-22(28)21(15-19-12-8-9-13-20(19)17-25)26(3)23(29)24(27,2)16-18-10-6-5-7-11-18/h4-13,21H,1,14-16H2,2-3H3/t21-,24+/m1/s1. The molecule has 0 bridgehead atoms. The summed E-state index contributed by atoms with van der Waals surface area (Å²) in [4.78, 5) is 30.1. The highest BCUT2D eigenvalue weighted by Gasteiger charge is 2.51. The van der Waals surface area contributed by atoms with Crippen molar-refractivity contribution in [2.45, 2.75) is 31.3 Å². The van der Waals surface area contributed by atoms with Crippen LogP contribution in [-0.2, 0) is 22.4 Å². The van der Waals surface area contributed by atoms with Crippen molar-refractivity contribution in [2.24, 2.45) is 0 Å². The Morgan fingerprint density at radius 1 is 1.14 bits per heavy atom. The molecule has 2 aromatic carbocycles. The summed E-state index contributed by atoms with van der Waals surface area (Å²) in [6.45, 7) is 5.89. The summed E-state index contributed by atoms with van der Waals surface area (Å²) in [5.74, 6) is -0.236. The first-order valence-corrected chi connectivity index (χ1v) is 9.64. The molecule has 0 aliphatic carbocycles. The van der Waals surface area contributed by atoms with Crippen molar-refractivity contribution >= 4 is 11.8 Å². The summed E-state index contributed by atoms with van der Waals surface area (Å²) in [6, 6.07) is 18.4. The number of rotatable bonds is 6. The van der Waals surface area contributed by atoms with Crippen molar-refractivity contribution < 1.29 is 9.59 Å². The molecule has 0 aromatic heterocycles. The molecule has 1 heterocycles. The van der Waals surface area contributed by atoms with Gasteiger partial charge in [0.15, 0.2) is 0 Å². The predicted molar refractivity (Wildman–Crippen MR) is 112 cm³/mol. The Labute approximate surface area is 171 Å². The number of likely N-dealkylation sites (N-methyl/N-ethyl adjacent to an activating group) is 1. The summed E-state index contributed by atoms with van der Waals surface area (Å²) in [7, 11) is 1.67. The Morgan fingerprint density at radius 3 is 2.45 bits per heavy atom. The van der Waals surface area contributed by atoms with Crippen molar-refractivity contribution in [2.75, 3.05) is 13.6 Å². The van der Waals surface area contributed by atoms with Crippen LogP contribution in [0.5, 0.6) is 0 Å². The molecule has 2 amide bonds. The first kappa shape index (κ1) is 20.3. The predicted octanol–water partition coefficient (Wildman–Crippen LogP) is 2.96. The van der Waals surface area contributed by atoms with E-state index in [0.29, 0.717) is 18.4 Å². The number of carbonyl (C=O) groups excluding carboxylic acids is 2. The van der Waals surface area contributed by atoms with Crippen LogP contribution in [0.15, 0.2) is 67.3 Å². The van der Waals surface area contributed by atoms with Gasteiger partial charge in [-0.2, -0.15) is 5.26 Å². The van der Waals surface area contributed by atoms with Crippen LogP contribution in [0.3, 0.4) is 0 Å². The van der Waals surface area contributed by atoms with Crippen LogP contribution in [0.4, 0.5) is 0 Å². The van der Waals surface area contributed by atoms with E-state index in [1.54, 1.807) is 35.1 Å². The van der Waals surface area contributed by atoms with E-state index >= 15 is 0 Å². The highest BCUT2D eigenvalue weighted by Crippen LogP contribution is 2.31. The van der Waals surface area contributed by atoms with E-state index in [1.165, 1.54) is 0 Å². The van der Waals surface area contributed by atoms with Gasteiger partial charge in [-0.15, -0.1) is 6.58 Å². The molecule has 3 rings (SSSR count). The first-order chi connectivity index (χ1) is 13.9. The van der Waals surface area contributed by atoms with E-state index < -0.39 is 11.6 Å². The van der Waals surface area contributed by atoms with E-state index in [1.807, 2.05) is 49.4 Å². The number of amides is 2. The SMILES string of the molecule is C=CCN1C(=O)[C@@H](Cc2ccccc2C#N)N(C)C(=O)[C@]1(C)Cc1ccccc1. The van der Waals surface area contributed by atoms with Crippen LogP contribution < -0.4 is 0 Å². The fourth-order valence-electron chi connectivity index (χ4n) is 4.05. The highest BCUT2D eigenvalue weighted by molar-refractivity contribution is 6.00. The molecule has 0 unspecified atom stereocenters. The second kappa shape index (κ2) is 8.32.